The molecule has 184 valence electrons. The SMILES string of the molecule is O=C1[C@H]2[C@@H](Cc3c[nH]c4ccccc34)N[C@@]3(C(=O)Nc4ccc(F)cc43)[C@H]2C(=O)N1C[C@H]1CCCO1. The molecule has 3 aromatic rings. The average molecular weight is 489 g/mol. The van der Waals surface area contributed by atoms with Crippen molar-refractivity contribution < 1.29 is 23.5 Å². The van der Waals surface area contributed by atoms with Gasteiger partial charge in [0.05, 0.1) is 24.5 Å². The number of hydrogen-bond donors (Lipinski definition) is 3. The number of amides is 3. The molecular formula is C27H25FN4O4. The Balaban J connectivity index is 1.33. The van der Waals surface area contributed by atoms with E-state index in [4.69, 9.17) is 4.74 Å². The molecule has 4 aliphatic rings. The van der Waals surface area contributed by atoms with Crippen LogP contribution in [0.25, 0.3) is 10.9 Å². The van der Waals surface area contributed by atoms with Crippen molar-refractivity contribution in [3.05, 3.63) is 65.6 Å². The fourth-order valence-electron chi connectivity index (χ4n) is 6.72. The number of nitrogens with zero attached hydrogens (tertiary/aromatic N) is 1. The van der Waals surface area contributed by atoms with Crippen molar-refractivity contribution in [3.63, 3.8) is 0 Å². The normalized spacial score (nSPS) is 31.0. The average Bonchev–Trinajstić information content (AvgIpc) is 3.67. The minimum absolute atomic E-state index is 0.179. The second kappa shape index (κ2) is 7.72. The first kappa shape index (κ1) is 21.7. The maximum Gasteiger partial charge on any atom is 0.250 e. The van der Waals surface area contributed by atoms with Gasteiger partial charge in [0.2, 0.25) is 17.7 Å². The molecule has 3 N–H and O–H groups in total. The van der Waals surface area contributed by atoms with Crippen molar-refractivity contribution in [2.24, 2.45) is 11.8 Å². The van der Waals surface area contributed by atoms with Crippen LogP contribution in [0.3, 0.4) is 0 Å². The van der Waals surface area contributed by atoms with E-state index < -0.39 is 41.0 Å². The summed E-state index contributed by atoms with van der Waals surface area (Å²) in [5.74, 6) is -3.36. The van der Waals surface area contributed by atoms with Crippen LogP contribution in [0.1, 0.15) is 24.0 Å². The number of imide groups is 1. The van der Waals surface area contributed by atoms with E-state index in [0.717, 1.165) is 29.3 Å². The van der Waals surface area contributed by atoms with E-state index in [1.807, 2.05) is 30.5 Å². The molecule has 3 fully saturated rings. The molecule has 2 aromatic carbocycles. The third-order valence-corrected chi connectivity index (χ3v) is 8.29. The van der Waals surface area contributed by atoms with E-state index in [1.54, 1.807) is 0 Å². The van der Waals surface area contributed by atoms with Gasteiger partial charge in [-0.1, -0.05) is 18.2 Å². The molecule has 8 nitrogen and oxygen atoms in total. The topological polar surface area (TPSA) is 104 Å². The Kier molecular flexibility index (Phi) is 4.65. The van der Waals surface area contributed by atoms with Gasteiger partial charge in [0.1, 0.15) is 11.4 Å². The quantitative estimate of drug-likeness (QED) is 0.490. The van der Waals surface area contributed by atoms with Gasteiger partial charge in [-0.25, -0.2) is 4.39 Å². The Morgan fingerprint density at radius 1 is 1.11 bits per heavy atom. The molecule has 7 rings (SSSR count). The number of aromatic nitrogens is 1. The summed E-state index contributed by atoms with van der Waals surface area (Å²) in [7, 11) is 0. The highest BCUT2D eigenvalue weighted by atomic mass is 19.1. The highest BCUT2D eigenvalue weighted by Gasteiger charge is 2.70. The van der Waals surface area contributed by atoms with Crippen LogP contribution in [0.5, 0.6) is 0 Å². The van der Waals surface area contributed by atoms with Gasteiger partial charge in [0, 0.05) is 41.0 Å². The lowest BCUT2D eigenvalue weighted by molar-refractivity contribution is -0.144. The van der Waals surface area contributed by atoms with Crippen molar-refractivity contribution >= 4 is 34.3 Å². The van der Waals surface area contributed by atoms with Crippen LogP contribution in [0, 0.1) is 17.7 Å². The lowest BCUT2D eigenvalue weighted by Crippen LogP contribution is -2.54. The maximum absolute atomic E-state index is 14.4. The number of hydrogen-bond acceptors (Lipinski definition) is 5. The van der Waals surface area contributed by atoms with Crippen LogP contribution < -0.4 is 10.6 Å². The van der Waals surface area contributed by atoms with Gasteiger partial charge in [0.25, 0.3) is 0 Å². The monoisotopic (exact) mass is 488 g/mol. The predicted molar refractivity (Wildman–Crippen MR) is 128 cm³/mol. The van der Waals surface area contributed by atoms with Crippen LogP contribution >= 0.6 is 0 Å². The fraction of sp³-hybridized carbons (Fsp3) is 0.370. The van der Waals surface area contributed by atoms with E-state index in [-0.39, 0.29) is 18.6 Å². The highest BCUT2D eigenvalue weighted by Crippen LogP contribution is 2.53. The molecule has 1 spiro atoms. The van der Waals surface area contributed by atoms with Crippen LogP contribution in [0.15, 0.2) is 48.7 Å². The summed E-state index contributed by atoms with van der Waals surface area (Å²) in [5, 5.41) is 7.23. The molecule has 5 heterocycles. The summed E-state index contributed by atoms with van der Waals surface area (Å²) >= 11 is 0. The third-order valence-electron chi connectivity index (χ3n) is 8.29. The van der Waals surface area contributed by atoms with Gasteiger partial charge in [-0.05, 0) is 49.1 Å². The molecule has 4 aliphatic heterocycles. The van der Waals surface area contributed by atoms with Gasteiger partial charge in [-0.15, -0.1) is 0 Å². The number of aromatic amines is 1. The molecule has 0 saturated carbocycles. The van der Waals surface area contributed by atoms with Gasteiger partial charge in [0.15, 0.2) is 0 Å². The summed E-state index contributed by atoms with van der Waals surface area (Å²) in [6.07, 6.45) is 3.80. The largest absolute Gasteiger partial charge is 0.376 e. The zero-order chi connectivity index (χ0) is 24.6. The smallest absolute Gasteiger partial charge is 0.250 e. The minimum Gasteiger partial charge on any atom is -0.376 e. The number of anilines is 1. The summed E-state index contributed by atoms with van der Waals surface area (Å²) in [5.41, 5.74) is 1.27. The van der Waals surface area contributed by atoms with Gasteiger partial charge >= 0.3 is 0 Å². The molecular weight excluding hydrogens is 463 g/mol. The number of fused-ring (bicyclic) bond motifs is 5. The molecule has 9 heteroatoms. The number of para-hydroxylation sites is 1. The van der Waals surface area contributed by atoms with E-state index in [1.165, 1.54) is 23.1 Å². The highest BCUT2D eigenvalue weighted by molar-refractivity contribution is 6.15. The summed E-state index contributed by atoms with van der Waals surface area (Å²) < 4.78 is 20.1. The number of H-pyrrole nitrogens is 1. The number of nitrogens with one attached hydrogen (secondary N) is 3. The zero-order valence-electron chi connectivity index (χ0n) is 19.4. The number of halogens is 1. The summed E-state index contributed by atoms with van der Waals surface area (Å²) in [4.78, 5) is 45.8. The predicted octanol–water partition coefficient (Wildman–Crippen LogP) is 2.45. The Bertz CT molecular complexity index is 1430. The van der Waals surface area contributed by atoms with Crippen LogP contribution in [0.2, 0.25) is 0 Å². The molecule has 3 saturated heterocycles. The van der Waals surface area contributed by atoms with E-state index in [0.29, 0.717) is 24.3 Å². The standard InChI is InChI=1S/C27H25FN4O4/c28-15-7-8-20-18(11-15)27(26(35)30-20)23-22(24(33)32(25(23)34)13-16-4-3-9-36-16)21(31-27)10-14-12-29-19-6-2-1-5-17(14)19/h1-2,5-8,11-12,16,21-23,29,31H,3-4,9-10,13H2,(H,30,35)/t16-,21-,22+,23-,27-/m1/s1. The number of rotatable bonds is 4. The van der Waals surface area contributed by atoms with Gasteiger partial charge in [-0.2, -0.15) is 0 Å². The summed E-state index contributed by atoms with van der Waals surface area (Å²) in [6, 6.07) is 11.4. The number of likely N-dealkylation sites (tertiary alicyclic amines) is 1. The van der Waals surface area contributed by atoms with Crippen molar-refractivity contribution in [1.29, 1.82) is 0 Å². The van der Waals surface area contributed by atoms with Crippen LogP contribution in [0.4, 0.5) is 10.1 Å². The Morgan fingerprint density at radius 3 is 2.81 bits per heavy atom. The molecule has 36 heavy (non-hydrogen) atoms. The van der Waals surface area contributed by atoms with Crippen molar-refractivity contribution in [2.45, 2.75) is 36.9 Å². The number of ether oxygens (including phenoxy) is 1. The summed E-state index contributed by atoms with van der Waals surface area (Å²) in [6.45, 7) is 0.787. The molecule has 3 amide bonds. The van der Waals surface area contributed by atoms with E-state index in [2.05, 4.69) is 15.6 Å². The lowest BCUT2D eigenvalue weighted by Gasteiger charge is -2.30. The van der Waals surface area contributed by atoms with E-state index >= 15 is 0 Å². The van der Waals surface area contributed by atoms with E-state index in [9.17, 15) is 18.8 Å². The van der Waals surface area contributed by atoms with Gasteiger partial charge in [-0.3, -0.25) is 24.6 Å². The third kappa shape index (κ3) is 2.90. The lowest BCUT2D eigenvalue weighted by atomic mass is 9.76. The second-order valence-electron chi connectivity index (χ2n) is 10.2. The molecule has 1 aromatic heterocycles. The molecule has 0 radical (unpaired) electrons. The zero-order valence-corrected chi connectivity index (χ0v) is 19.4. The van der Waals surface area contributed by atoms with Crippen LogP contribution in [-0.2, 0) is 31.1 Å². The number of benzene rings is 2. The first-order chi connectivity index (χ1) is 17.5. The maximum atomic E-state index is 14.4. The molecule has 0 unspecified atom stereocenters. The van der Waals surface area contributed by atoms with Crippen LogP contribution in [-0.4, -0.2) is 52.9 Å². The Morgan fingerprint density at radius 2 is 1.97 bits per heavy atom. The van der Waals surface area contributed by atoms with Crippen molar-refractivity contribution in [1.82, 2.24) is 15.2 Å². The fourth-order valence-corrected chi connectivity index (χ4v) is 6.72. The molecule has 0 bridgehead atoms. The second-order valence-corrected chi connectivity index (χ2v) is 10.2. The molecule has 5 atom stereocenters. The number of carbonyl (C=O) groups excluding carboxylic acids is 3. The Hall–Kier alpha value is -3.56. The minimum atomic E-state index is -1.52. The first-order valence-corrected chi connectivity index (χ1v) is 12.4. The number of carbonyl (C=O) groups is 3. The van der Waals surface area contributed by atoms with Crippen molar-refractivity contribution in [3.8, 4) is 0 Å². The first-order valence-electron chi connectivity index (χ1n) is 12.4. The Labute approximate surface area is 206 Å². The van der Waals surface area contributed by atoms with Gasteiger partial charge < -0.3 is 15.0 Å². The molecule has 0 aliphatic carbocycles. The van der Waals surface area contributed by atoms with Crippen molar-refractivity contribution in [2.75, 3.05) is 18.5 Å².